The number of hydrogen-bond acceptors (Lipinski definition) is 20. The minimum Gasteiger partial charge on any atom is -0.444 e. The molecular weight excluding hydrogens is 1180 g/mol. The van der Waals surface area contributed by atoms with Gasteiger partial charge in [-0.05, 0) is 113 Å². The van der Waals surface area contributed by atoms with Crippen LogP contribution in [0.4, 0.5) is 14.4 Å². The number of benzene rings is 1. The van der Waals surface area contributed by atoms with E-state index < -0.39 is 193 Å². The fraction of sp³-hybridized carbons (Fsp3) is 0.690. The van der Waals surface area contributed by atoms with Crippen LogP contribution in [0.3, 0.4) is 0 Å². The van der Waals surface area contributed by atoms with Crippen molar-refractivity contribution >= 4 is 71.4 Å². The number of rotatable bonds is 19. The first-order valence-corrected chi connectivity index (χ1v) is 29.9. The summed E-state index contributed by atoms with van der Waals surface area (Å²) in [5.74, 6) is -9.55. The van der Waals surface area contributed by atoms with Crippen LogP contribution < -0.4 is 69.1 Å². The van der Waals surface area contributed by atoms with Gasteiger partial charge in [-0.25, -0.2) is 14.4 Å². The van der Waals surface area contributed by atoms with Crippen molar-refractivity contribution in [2.75, 3.05) is 32.8 Å². The van der Waals surface area contributed by atoms with Gasteiger partial charge in [0.15, 0.2) is 0 Å². The molecule has 1 aromatic carbocycles. The Hall–Kier alpha value is -7.94. The highest BCUT2D eigenvalue weighted by Gasteiger charge is 2.39. The average Bonchev–Trinajstić information content (AvgIpc) is 1.38. The maximum absolute atomic E-state index is 14.8. The molecule has 1 unspecified atom stereocenters. The number of amides is 12. The summed E-state index contributed by atoms with van der Waals surface area (Å²) in [5, 5.41) is 76.0. The number of carbonyl (C=O) groups is 12. The maximum Gasteiger partial charge on any atom is 0.407 e. The Balaban J connectivity index is 2.27. The monoisotopic (exact) mass is 1280 g/mol. The van der Waals surface area contributed by atoms with Crippen molar-refractivity contribution in [2.24, 2.45) is 5.92 Å². The molecule has 506 valence electrons. The Morgan fingerprint density at radius 2 is 1.07 bits per heavy atom. The predicted octanol–water partition coefficient (Wildman–Crippen LogP) is -3.17. The molecule has 2 heterocycles. The summed E-state index contributed by atoms with van der Waals surface area (Å²) in [7, 11) is 0. The van der Waals surface area contributed by atoms with Crippen LogP contribution in [0.1, 0.15) is 127 Å². The quantitative estimate of drug-likeness (QED) is 0.0608. The number of aliphatic hydroxyl groups is 4. The molecule has 12 amide bonds. The molecule has 2 fully saturated rings. The molecule has 32 nitrogen and oxygen atoms in total. The predicted molar refractivity (Wildman–Crippen MR) is 322 cm³/mol. The summed E-state index contributed by atoms with van der Waals surface area (Å²) in [4.78, 5) is 165. The summed E-state index contributed by atoms with van der Waals surface area (Å²) >= 11 is 0. The lowest BCUT2D eigenvalue weighted by Gasteiger charge is -2.32. The summed E-state index contributed by atoms with van der Waals surface area (Å²) in [5.41, 5.74) is -2.31. The summed E-state index contributed by atoms with van der Waals surface area (Å²) in [6.07, 6.45) is -9.96. The number of ether oxygens (including phenoxy) is 3. The highest BCUT2D eigenvalue weighted by atomic mass is 16.6. The van der Waals surface area contributed by atoms with Crippen LogP contribution in [0.15, 0.2) is 30.3 Å². The zero-order valence-electron chi connectivity index (χ0n) is 53.3. The number of carbonyl (C=O) groups excluding carboxylic acids is 12. The third-order valence-corrected chi connectivity index (χ3v) is 13.2. The van der Waals surface area contributed by atoms with Crippen LogP contribution in [-0.2, 0) is 63.8 Å². The SMILES string of the molecule is CC(C)C[C@@H]1NC(=O)[C@@H](Cc2ccccc2)NC(=O)[C@H](CCNC(=O)OC(C)(C)C)NC(=O)[C@@H](NC(=O)[C@@H](CO)NC(=O)[C@@H]2C[C@@H](O)C(=O)N2)CCNC(=O)[C@H]([C@@H](C)O)NC(=O)[C@H](CCNC(=O)OC(C)(C)C)NC(=O)[C@H](CCNC(=O)OC(C)(C)C)NC1O. The van der Waals surface area contributed by atoms with Gasteiger partial charge in [-0.15, -0.1) is 0 Å². The molecule has 3 rings (SSSR count). The molecular formula is C58H95N13O19. The lowest BCUT2D eigenvalue weighted by Crippen LogP contribution is -2.62. The minimum atomic E-state index is -1.83. The summed E-state index contributed by atoms with van der Waals surface area (Å²) in [6, 6.07) is -6.03. The zero-order chi connectivity index (χ0) is 67.8. The highest BCUT2D eigenvalue weighted by Crippen LogP contribution is 2.15. The molecule has 90 heavy (non-hydrogen) atoms. The van der Waals surface area contributed by atoms with Gasteiger partial charge >= 0.3 is 18.3 Å². The molecule has 1 aromatic rings. The van der Waals surface area contributed by atoms with Crippen LogP contribution >= 0.6 is 0 Å². The van der Waals surface area contributed by atoms with E-state index in [2.05, 4.69) is 69.1 Å². The van der Waals surface area contributed by atoms with Gasteiger partial charge in [0.05, 0.1) is 24.8 Å². The van der Waals surface area contributed by atoms with E-state index in [9.17, 15) is 78.0 Å². The van der Waals surface area contributed by atoms with E-state index in [1.807, 2.05) is 0 Å². The van der Waals surface area contributed by atoms with Gasteiger partial charge in [0.2, 0.25) is 53.2 Å². The second-order valence-electron chi connectivity index (χ2n) is 25.4. The van der Waals surface area contributed by atoms with Gasteiger partial charge in [0, 0.05) is 39.0 Å². The summed E-state index contributed by atoms with van der Waals surface area (Å²) < 4.78 is 16.0. The van der Waals surface area contributed by atoms with Gasteiger partial charge in [0.25, 0.3) is 0 Å². The first-order chi connectivity index (χ1) is 41.8. The largest absolute Gasteiger partial charge is 0.444 e. The molecule has 2 saturated heterocycles. The van der Waals surface area contributed by atoms with E-state index in [1.165, 1.54) is 0 Å². The van der Waals surface area contributed by atoms with Crippen LogP contribution in [0.5, 0.6) is 0 Å². The van der Waals surface area contributed by atoms with E-state index in [4.69, 9.17) is 14.2 Å². The zero-order valence-corrected chi connectivity index (χ0v) is 53.3. The van der Waals surface area contributed by atoms with Crippen molar-refractivity contribution in [3.8, 4) is 0 Å². The number of aliphatic hydroxyl groups excluding tert-OH is 4. The summed E-state index contributed by atoms with van der Waals surface area (Å²) in [6.45, 7) is 16.6. The highest BCUT2D eigenvalue weighted by molar-refractivity contribution is 5.98. The van der Waals surface area contributed by atoms with Crippen LogP contribution in [0.2, 0.25) is 0 Å². The van der Waals surface area contributed by atoms with E-state index in [-0.39, 0.29) is 51.2 Å². The Morgan fingerprint density at radius 3 is 1.53 bits per heavy atom. The lowest BCUT2D eigenvalue weighted by molar-refractivity contribution is -0.135. The van der Waals surface area contributed by atoms with Crippen molar-refractivity contribution < 1.29 is 92.2 Å². The van der Waals surface area contributed by atoms with Gasteiger partial charge in [-0.2, -0.15) is 0 Å². The topological polar surface area (TPSA) is 470 Å². The van der Waals surface area contributed by atoms with E-state index >= 15 is 0 Å². The number of alkyl carbamates (subject to hydrolysis) is 3. The molecule has 0 saturated carbocycles. The molecule has 2 aliphatic rings. The van der Waals surface area contributed by atoms with Crippen molar-refractivity contribution in [1.82, 2.24) is 69.1 Å². The Labute approximate surface area is 523 Å². The Morgan fingerprint density at radius 1 is 0.600 bits per heavy atom. The normalized spacial score (nSPS) is 24.6. The Kier molecular flexibility index (Phi) is 30.1. The standard InChI is InChI=1S/C58H95N13O19/c1-30(2)26-37-47(79)65-34(19-23-60-53(85)88-56(4,5)6)44(76)64-36(21-25-62-55(87)90-58(10,11)12)46(78)71-42(31(3)73)52(84)59-22-18-33(66-50(82)40(29-72)70-49(81)39-28-41(74)51(83)69-39)43(75)63-35(20-24-61-54(86)89-57(7,8)9)45(77)68-38(48(80)67-37)27-32-16-14-13-15-17-32/h13-17,30-31,33-42,47,65,72-74,79H,18-29H2,1-12H3,(H,59,84)(H,60,85)(H,61,86)(H,62,87)(H,63,75)(H,64,76)(H,66,82)(H,67,80)(H,68,77)(H,69,83)(H,70,81)(H,71,78)/t31-,33+,34+,35+,36+,37+,38-,39+,40-,41-,42+,47?/m1/s1. The van der Waals surface area contributed by atoms with Crippen molar-refractivity contribution in [3.63, 3.8) is 0 Å². The molecule has 0 aromatic heterocycles. The molecule has 12 atom stereocenters. The second-order valence-corrected chi connectivity index (χ2v) is 25.4. The molecule has 32 heteroatoms. The molecule has 2 aliphatic heterocycles. The molecule has 0 radical (unpaired) electrons. The maximum atomic E-state index is 14.8. The third kappa shape index (κ3) is 28.3. The fourth-order valence-corrected chi connectivity index (χ4v) is 8.93. The van der Waals surface area contributed by atoms with Crippen LogP contribution in [0.25, 0.3) is 0 Å². The van der Waals surface area contributed by atoms with E-state index in [1.54, 1.807) is 106 Å². The van der Waals surface area contributed by atoms with Gasteiger partial charge in [-0.3, -0.25) is 48.5 Å². The first-order valence-electron chi connectivity index (χ1n) is 29.9. The molecule has 0 spiro atoms. The fourth-order valence-electron chi connectivity index (χ4n) is 8.93. The van der Waals surface area contributed by atoms with Crippen LogP contribution in [0, 0.1) is 5.92 Å². The lowest BCUT2D eigenvalue weighted by atomic mass is 9.99. The molecule has 17 N–H and O–H groups in total. The van der Waals surface area contributed by atoms with E-state index in [0.29, 0.717) is 5.56 Å². The average molecular weight is 1280 g/mol. The molecule has 0 aliphatic carbocycles. The number of hydrogen-bond donors (Lipinski definition) is 17. The second kappa shape index (κ2) is 35.5. The van der Waals surface area contributed by atoms with E-state index in [0.717, 1.165) is 6.92 Å². The third-order valence-electron chi connectivity index (χ3n) is 13.2. The minimum absolute atomic E-state index is 0.0176. The van der Waals surface area contributed by atoms with Gasteiger partial charge in [0.1, 0.15) is 71.4 Å². The number of nitrogens with one attached hydrogen (secondary N) is 13. The smallest absolute Gasteiger partial charge is 0.407 e. The van der Waals surface area contributed by atoms with Gasteiger partial charge in [-0.1, -0.05) is 44.2 Å². The van der Waals surface area contributed by atoms with Gasteiger partial charge < -0.3 is 98.4 Å². The Bertz CT molecular complexity index is 2630. The van der Waals surface area contributed by atoms with Crippen molar-refractivity contribution in [2.45, 2.75) is 218 Å². The van der Waals surface area contributed by atoms with Crippen molar-refractivity contribution in [1.29, 1.82) is 0 Å². The van der Waals surface area contributed by atoms with Crippen molar-refractivity contribution in [3.05, 3.63) is 35.9 Å². The first kappa shape index (κ1) is 76.3. The van der Waals surface area contributed by atoms with Crippen LogP contribution in [-0.4, -0.2) is 214 Å². The molecule has 0 bridgehead atoms.